The molecule has 0 fully saturated rings. The molecule has 8 heteroatoms. The molecule has 0 saturated carbocycles. The van der Waals surface area contributed by atoms with E-state index in [4.69, 9.17) is 27.9 Å². The summed E-state index contributed by atoms with van der Waals surface area (Å²) >= 11 is 12.0. The van der Waals surface area contributed by atoms with Crippen LogP contribution in [0.15, 0.2) is 58.5 Å². The maximum Gasteiger partial charge on any atom is 0.316 e. The molecule has 0 amide bonds. The first-order valence-electron chi connectivity index (χ1n) is 8.72. The highest BCUT2D eigenvalue weighted by molar-refractivity contribution is 6.31. The van der Waals surface area contributed by atoms with Gasteiger partial charge in [-0.1, -0.05) is 41.9 Å². The summed E-state index contributed by atoms with van der Waals surface area (Å²) in [5, 5.41) is 3.87. The van der Waals surface area contributed by atoms with Gasteiger partial charge in [-0.15, -0.1) is 0 Å². The fourth-order valence-corrected chi connectivity index (χ4v) is 2.96. The lowest BCUT2D eigenvalue weighted by atomic mass is 10.1. The van der Waals surface area contributed by atoms with Crippen molar-refractivity contribution in [1.82, 2.24) is 9.55 Å². The number of hydrogen-bond donors (Lipinski definition) is 1. The number of aromatic nitrogens is 2. The third-order valence-corrected chi connectivity index (χ3v) is 4.71. The van der Waals surface area contributed by atoms with E-state index in [9.17, 15) is 9.18 Å². The molecule has 1 aromatic carbocycles. The molecule has 5 nitrogen and oxygen atoms in total. The van der Waals surface area contributed by atoms with Gasteiger partial charge >= 0.3 is 5.56 Å². The number of halogens is 3. The minimum Gasteiger partial charge on any atom is -0.490 e. The van der Waals surface area contributed by atoms with Crippen molar-refractivity contribution in [3.8, 4) is 5.75 Å². The Kier molecular flexibility index (Phi) is 8.05. The van der Waals surface area contributed by atoms with E-state index in [2.05, 4.69) is 16.9 Å². The Bertz CT molecular complexity index is 1030. The Morgan fingerprint density at radius 1 is 1.38 bits per heavy atom. The van der Waals surface area contributed by atoms with Gasteiger partial charge in [0.2, 0.25) is 11.7 Å². The highest BCUT2D eigenvalue weighted by Crippen LogP contribution is 2.27. The highest BCUT2D eigenvalue weighted by Gasteiger charge is 2.12. The van der Waals surface area contributed by atoms with Gasteiger partial charge in [-0.2, -0.15) is 4.98 Å². The van der Waals surface area contributed by atoms with Gasteiger partial charge in [0.25, 0.3) is 0 Å². The Morgan fingerprint density at radius 2 is 2.10 bits per heavy atom. The van der Waals surface area contributed by atoms with Crippen LogP contribution >= 0.6 is 23.2 Å². The van der Waals surface area contributed by atoms with Gasteiger partial charge in [-0.05, 0) is 48.8 Å². The van der Waals surface area contributed by atoms with Crippen LogP contribution in [0.2, 0.25) is 5.02 Å². The molecule has 1 aromatic heterocycles. The van der Waals surface area contributed by atoms with Crippen molar-refractivity contribution in [3.05, 3.63) is 80.2 Å². The number of methoxy groups -OCH3 is 1. The molecule has 1 heterocycles. The van der Waals surface area contributed by atoms with Crippen molar-refractivity contribution in [2.45, 2.75) is 20.4 Å². The van der Waals surface area contributed by atoms with Crippen molar-refractivity contribution in [3.63, 3.8) is 0 Å². The number of aryl methyl sites for hydroxylation is 2. The maximum atomic E-state index is 12.8. The number of anilines is 2. The van der Waals surface area contributed by atoms with E-state index >= 15 is 0 Å². The van der Waals surface area contributed by atoms with E-state index < -0.39 is 12.2 Å². The van der Waals surface area contributed by atoms with Gasteiger partial charge in [-0.25, -0.2) is 4.39 Å². The predicted molar refractivity (Wildman–Crippen MR) is 117 cm³/mol. The van der Waals surface area contributed by atoms with E-state index in [1.807, 2.05) is 26.0 Å². The first kappa shape index (κ1) is 22.7. The third-order valence-electron chi connectivity index (χ3n) is 4.09. The quantitative estimate of drug-likeness (QED) is 0.556. The number of rotatable bonds is 8. The SMILES string of the molecule is C=C/C=C(\C=C(\Cl)CF)Cn1cc(OC)c(=O)nc1Nc1cc(C)c(Cl)cc1C. The largest absolute Gasteiger partial charge is 0.490 e. The van der Waals surface area contributed by atoms with Crippen LogP contribution in [0, 0.1) is 13.8 Å². The lowest BCUT2D eigenvalue weighted by Gasteiger charge is -2.17. The number of allylic oxidation sites excluding steroid dienone is 5. The molecule has 0 unspecified atom stereocenters. The fourth-order valence-electron chi connectivity index (χ4n) is 2.60. The second kappa shape index (κ2) is 10.3. The van der Waals surface area contributed by atoms with E-state index in [0.29, 0.717) is 16.5 Å². The van der Waals surface area contributed by atoms with Gasteiger partial charge in [-0.3, -0.25) is 4.79 Å². The predicted octanol–water partition coefficient (Wildman–Crippen LogP) is 5.47. The van der Waals surface area contributed by atoms with Crippen LogP contribution in [-0.4, -0.2) is 23.3 Å². The normalized spacial score (nSPS) is 12.1. The number of hydrogen-bond acceptors (Lipinski definition) is 4. The average Bonchev–Trinajstić information content (AvgIpc) is 2.67. The summed E-state index contributed by atoms with van der Waals surface area (Å²) in [6.07, 6.45) is 6.31. The molecule has 154 valence electrons. The molecule has 0 atom stereocenters. The van der Waals surface area contributed by atoms with Gasteiger partial charge in [0.05, 0.1) is 19.9 Å². The second-order valence-corrected chi connectivity index (χ2v) is 7.20. The monoisotopic (exact) mass is 437 g/mol. The number of nitrogens with zero attached hydrogens (tertiary/aromatic N) is 2. The van der Waals surface area contributed by atoms with Gasteiger partial charge < -0.3 is 14.6 Å². The summed E-state index contributed by atoms with van der Waals surface area (Å²) in [5.41, 5.74) is 2.68. The average molecular weight is 438 g/mol. The molecule has 29 heavy (non-hydrogen) atoms. The molecule has 0 bridgehead atoms. The smallest absolute Gasteiger partial charge is 0.316 e. The topological polar surface area (TPSA) is 56.2 Å². The molecular weight excluding hydrogens is 416 g/mol. The molecule has 0 saturated heterocycles. The molecule has 0 radical (unpaired) electrons. The van der Waals surface area contributed by atoms with Crippen LogP contribution in [0.3, 0.4) is 0 Å². The number of nitrogens with one attached hydrogen (secondary N) is 1. The lowest BCUT2D eigenvalue weighted by Crippen LogP contribution is -2.19. The fraction of sp³-hybridized carbons (Fsp3) is 0.238. The number of alkyl halides is 1. The first-order valence-corrected chi connectivity index (χ1v) is 9.47. The summed E-state index contributed by atoms with van der Waals surface area (Å²) < 4.78 is 19.6. The van der Waals surface area contributed by atoms with Crippen LogP contribution in [0.5, 0.6) is 5.75 Å². The van der Waals surface area contributed by atoms with Crippen LogP contribution in [0.1, 0.15) is 11.1 Å². The molecule has 1 N–H and O–H groups in total. The minimum atomic E-state index is -0.782. The molecule has 2 rings (SSSR count). The van der Waals surface area contributed by atoms with E-state index in [0.717, 1.165) is 16.8 Å². The maximum absolute atomic E-state index is 12.8. The molecule has 0 aliphatic heterocycles. The Morgan fingerprint density at radius 3 is 2.72 bits per heavy atom. The zero-order valence-corrected chi connectivity index (χ0v) is 17.9. The number of benzene rings is 1. The second-order valence-electron chi connectivity index (χ2n) is 6.31. The summed E-state index contributed by atoms with van der Waals surface area (Å²) in [6, 6.07) is 3.71. The van der Waals surface area contributed by atoms with Crippen LogP contribution in [-0.2, 0) is 6.54 Å². The van der Waals surface area contributed by atoms with Crippen LogP contribution in [0.4, 0.5) is 16.0 Å². The standard InChI is InChI=1S/C21H22Cl2FN3O2/c1-5-6-15(9-16(22)10-24)11-27-12-19(29-4)20(28)26-21(27)25-18-8-13(2)17(23)7-14(18)3/h5-9,12H,1,10-11H2,2-4H3,(H,25,26,28)/b15-6+,16-9+. The zero-order chi connectivity index (χ0) is 21.6. The van der Waals surface area contributed by atoms with E-state index in [1.165, 1.54) is 19.4 Å². The van der Waals surface area contributed by atoms with E-state index in [-0.39, 0.29) is 17.3 Å². The molecule has 0 aliphatic rings. The zero-order valence-electron chi connectivity index (χ0n) is 16.4. The van der Waals surface area contributed by atoms with Crippen LogP contribution < -0.4 is 15.6 Å². The Labute approximate surface area is 179 Å². The molecule has 0 spiro atoms. The van der Waals surface area contributed by atoms with Crippen molar-refractivity contribution >= 4 is 34.8 Å². The van der Waals surface area contributed by atoms with Gasteiger partial charge in [0.15, 0.2) is 0 Å². The lowest BCUT2D eigenvalue weighted by molar-refractivity contribution is 0.402. The van der Waals surface area contributed by atoms with Gasteiger partial charge in [0.1, 0.15) is 6.67 Å². The van der Waals surface area contributed by atoms with Crippen molar-refractivity contribution in [1.29, 1.82) is 0 Å². The minimum absolute atomic E-state index is 0.0535. The Hall–Kier alpha value is -2.57. The third kappa shape index (κ3) is 5.95. The summed E-state index contributed by atoms with van der Waals surface area (Å²) in [5.74, 6) is 0.374. The van der Waals surface area contributed by atoms with Crippen LogP contribution in [0.25, 0.3) is 0 Å². The molecular formula is C21H22Cl2FN3O2. The first-order chi connectivity index (χ1) is 13.8. The van der Waals surface area contributed by atoms with Crippen molar-refractivity contribution < 1.29 is 9.13 Å². The highest BCUT2D eigenvalue weighted by atomic mass is 35.5. The van der Waals surface area contributed by atoms with Gasteiger partial charge in [0, 0.05) is 15.7 Å². The van der Waals surface area contributed by atoms with Crippen molar-refractivity contribution in [2.75, 3.05) is 19.1 Å². The number of ether oxygens (including phenoxy) is 1. The summed E-state index contributed by atoms with van der Waals surface area (Å²) in [7, 11) is 1.39. The molecule has 0 aliphatic carbocycles. The Balaban J connectivity index is 2.54. The molecule has 2 aromatic rings. The van der Waals surface area contributed by atoms with Crippen molar-refractivity contribution in [2.24, 2.45) is 0 Å². The summed E-state index contributed by atoms with van der Waals surface area (Å²) in [4.78, 5) is 16.3. The summed E-state index contributed by atoms with van der Waals surface area (Å²) in [6.45, 7) is 6.92. The van der Waals surface area contributed by atoms with E-state index in [1.54, 1.807) is 16.7 Å².